The zero-order chi connectivity index (χ0) is 20.6. The van der Waals surface area contributed by atoms with Crippen molar-refractivity contribution < 1.29 is 18.9 Å². The maximum absolute atomic E-state index is 12.6. The van der Waals surface area contributed by atoms with E-state index in [0.29, 0.717) is 18.7 Å². The number of hydrogen-bond acceptors (Lipinski definition) is 3. The van der Waals surface area contributed by atoms with Crippen molar-refractivity contribution in [3.05, 3.63) is 59.5 Å². The third-order valence-electron chi connectivity index (χ3n) is 5.18. The number of rotatable bonds is 8. The van der Waals surface area contributed by atoms with E-state index in [0.717, 1.165) is 24.4 Å². The Morgan fingerprint density at radius 1 is 1.07 bits per heavy atom. The van der Waals surface area contributed by atoms with E-state index in [1.165, 1.54) is 17.7 Å². The summed E-state index contributed by atoms with van der Waals surface area (Å²) in [6.07, 6.45) is 4.12. The Morgan fingerprint density at radius 2 is 1.79 bits per heavy atom. The minimum atomic E-state index is -0.199. The maximum atomic E-state index is 12.6. The number of carbonyl (C=O) groups is 2. The van der Waals surface area contributed by atoms with E-state index in [-0.39, 0.29) is 24.0 Å². The number of carbonyl (C=O) groups excluding carboxylic acids is 2. The molecule has 4 N–H and O–H groups in total. The van der Waals surface area contributed by atoms with Crippen LogP contribution < -0.4 is 20.9 Å². The van der Waals surface area contributed by atoms with Crippen molar-refractivity contribution in [1.82, 2.24) is 16.0 Å². The first kappa shape index (κ1) is 20.9. The van der Waals surface area contributed by atoms with E-state index in [1.54, 1.807) is 18.4 Å². The van der Waals surface area contributed by atoms with Crippen LogP contribution in [0.15, 0.2) is 47.1 Å². The molecule has 1 aliphatic heterocycles. The molecule has 7 nitrogen and oxygen atoms in total. The first-order valence-electron chi connectivity index (χ1n) is 10.3. The van der Waals surface area contributed by atoms with E-state index in [2.05, 4.69) is 16.0 Å². The molecule has 156 valence electrons. The van der Waals surface area contributed by atoms with Crippen LogP contribution in [0.3, 0.4) is 0 Å². The molecule has 1 atom stereocenters. The highest BCUT2D eigenvalue weighted by Crippen LogP contribution is 2.12. The lowest BCUT2D eigenvalue weighted by Gasteiger charge is -2.23. The molecule has 2 aromatic rings. The predicted molar refractivity (Wildman–Crippen MR) is 111 cm³/mol. The molecule has 0 radical (unpaired) electrons. The number of furan rings is 1. The highest BCUT2D eigenvalue weighted by molar-refractivity contribution is 5.94. The van der Waals surface area contributed by atoms with E-state index in [4.69, 9.17) is 4.42 Å². The van der Waals surface area contributed by atoms with Gasteiger partial charge in [-0.05, 0) is 43.7 Å². The first-order chi connectivity index (χ1) is 14.0. The molecule has 1 aliphatic rings. The minimum Gasteiger partial charge on any atom is -0.463 e. The molecule has 3 amide bonds. The highest BCUT2D eigenvalue weighted by Gasteiger charge is 2.29. The largest absolute Gasteiger partial charge is 0.463 e. The third-order valence-corrected chi connectivity index (χ3v) is 5.18. The molecule has 0 saturated carbocycles. The van der Waals surface area contributed by atoms with Crippen LogP contribution in [-0.2, 0) is 6.54 Å². The Labute approximate surface area is 171 Å². The fourth-order valence-electron chi connectivity index (χ4n) is 3.68. The summed E-state index contributed by atoms with van der Waals surface area (Å²) in [5, 5.41) is 8.64. The minimum absolute atomic E-state index is 0.0912. The molecule has 7 heteroatoms. The molecule has 0 bridgehead atoms. The summed E-state index contributed by atoms with van der Waals surface area (Å²) < 4.78 is 5.62. The summed E-state index contributed by atoms with van der Waals surface area (Å²) >= 11 is 0. The molecular formula is C22H31N4O3+. The SMILES string of the molecule is CC(C)NC(=O)NCc1ccc(C(=O)NC[C@H](c2ccco2)[NH+]2CCCC2)cc1. The van der Waals surface area contributed by atoms with Crippen LogP contribution in [0.1, 0.15) is 54.4 Å². The zero-order valence-corrected chi connectivity index (χ0v) is 17.2. The number of quaternary nitrogens is 1. The normalized spacial score (nSPS) is 15.3. The number of benzene rings is 1. The average Bonchev–Trinajstić information content (AvgIpc) is 3.41. The fraction of sp³-hybridized carbons (Fsp3) is 0.455. The van der Waals surface area contributed by atoms with Gasteiger partial charge in [-0.3, -0.25) is 4.79 Å². The van der Waals surface area contributed by atoms with Gasteiger partial charge >= 0.3 is 6.03 Å². The van der Waals surface area contributed by atoms with Crippen molar-refractivity contribution >= 4 is 11.9 Å². The molecule has 29 heavy (non-hydrogen) atoms. The van der Waals surface area contributed by atoms with Gasteiger partial charge in [-0.25, -0.2) is 4.79 Å². The monoisotopic (exact) mass is 399 g/mol. The predicted octanol–water partition coefficient (Wildman–Crippen LogP) is 1.64. The summed E-state index contributed by atoms with van der Waals surface area (Å²) in [5.74, 6) is 0.820. The van der Waals surface area contributed by atoms with Gasteiger partial charge in [0.05, 0.1) is 25.9 Å². The average molecular weight is 400 g/mol. The quantitative estimate of drug-likeness (QED) is 0.544. The van der Waals surface area contributed by atoms with Gasteiger partial charge in [0.15, 0.2) is 11.8 Å². The van der Waals surface area contributed by atoms with Gasteiger partial charge < -0.3 is 25.3 Å². The van der Waals surface area contributed by atoms with Crippen molar-refractivity contribution in [1.29, 1.82) is 0 Å². The molecule has 2 heterocycles. The van der Waals surface area contributed by atoms with Crippen LogP contribution in [-0.4, -0.2) is 37.6 Å². The Bertz CT molecular complexity index is 781. The molecule has 0 aliphatic carbocycles. The Kier molecular flexibility index (Phi) is 7.30. The van der Waals surface area contributed by atoms with Crippen LogP contribution in [0.25, 0.3) is 0 Å². The topological polar surface area (TPSA) is 87.8 Å². The summed E-state index contributed by atoms with van der Waals surface area (Å²) in [6, 6.07) is 11.2. The van der Waals surface area contributed by atoms with Crippen LogP contribution in [0.4, 0.5) is 4.79 Å². The van der Waals surface area contributed by atoms with Crippen molar-refractivity contribution in [3.8, 4) is 0 Å². The second-order valence-electron chi connectivity index (χ2n) is 7.82. The lowest BCUT2D eigenvalue weighted by atomic mass is 10.1. The lowest BCUT2D eigenvalue weighted by Crippen LogP contribution is -3.11. The van der Waals surface area contributed by atoms with Crippen LogP contribution >= 0.6 is 0 Å². The molecule has 3 rings (SSSR count). The van der Waals surface area contributed by atoms with Crippen LogP contribution in [0.5, 0.6) is 0 Å². The second kappa shape index (κ2) is 10.1. The molecule has 1 aromatic heterocycles. The fourth-order valence-corrected chi connectivity index (χ4v) is 3.68. The van der Waals surface area contributed by atoms with Gasteiger partial charge in [-0.2, -0.15) is 0 Å². The number of amides is 3. The van der Waals surface area contributed by atoms with Crippen molar-refractivity contribution in [2.45, 2.75) is 45.3 Å². The van der Waals surface area contributed by atoms with Crippen molar-refractivity contribution in [2.75, 3.05) is 19.6 Å². The molecular weight excluding hydrogens is 368 g/mol. The van der Waals surface area contributed by atoms with Crippen molar-refractivity contribution in [3.63, 3.8) is 0 Å². The molecule has 1 aromatic carbocycles. The van der Waals surface area contributed by atoms with E-state index >= 15 is 0 Å². The standard InChI is InChI=1S/C22H30N4O3/c1-16(2)25-22(28)24-14-17-7-9-18(10-8-17)21(27)23-15-19(20-6-5-13-29-20)26-11-3-4-12-26/h5-10,13,16,19H,3-4,11-12,14-15H2,1-2H3,(H,23,27)(H2,24,25,28)/p+1/t19-/m1/s1. The molecule has 0 unspecified atom stereocenters. The van der Waals surface area contributed by atoms with E-state index in [9.17, 15) is 9.59 Å². The number of urea groups is 1. The van der Waals surface area contributed by atoms with Gasteiger partial charge in [0.25, 0.3) is 5.91 Å². The zero-order valence-electron chi connectivity index (χ0n) is 17.2. The first-order valence-corrected chi connectivity index (χ1v) is 10.3. The molecule has 0 spiro atoms. The summed E-state index contributed by atoms with van der Waals surface area (Å²) in [6.45, 7) is 6.99. The Morgan fingerprint density at radius 3 is 2.41 bits per heavy atom. The van der Waals surface area contributed by atoms with Crippen LogP contribution in [0, 0.1) is 0 Å². The Balaban J connectivity index is 1.52. The van der Waals surface area contributed by atoms with Crippen LogP contribution in [0.2, 0.25) is 0 Å². The smallest absolute Gasteiger partial charge is 0.315 e. The van der Waals surface area contributed by atoms with Gasteiger partial charge in [0.2, 0.25) is 0 Å². The molecule has 1 saturated heterocycles. The third kappa shape index (κ3) is 6.09. The molecule has 1 fully saturated rings. The highest BCUT2D eigenvalue weighted by atomic mass is 16.3. The summed E-state index contributed by atoms with van der Waals surface area (Å²) in [7, 11) is 0. The lowest BCUT2D eigenvalue weighted by molar-refractivity contribution is -0.919. The van der Waals surface area contributed by atoms with E-state index < -0.39 is 0 Å². The van der Waals surface area contributed by atoms with Gasteiger partial charge in [-0.1, -0.05) is 12.1 Å². The van der Waals surface area contributed by atoms with E-state index in [1.807, 2.05) is 38.1 Å². The summed E-state index contributed by atoms with van der Waals surface area (Å²) in [5.41, 5.74) is 1.55. The van der Waals surface area contributed by atoms with Gasteiger partial charge in [-0.15, -0.1) is 0 Å². The second-order valence-corrected chi connectivity index (χ2v) is 7.82. The van der Waals surface area contributed by atoms with Crippen molar-refractivity contribution in [2.24, 2.45) is 0 Å². The number of hydrogen-bond donors (Lipinski definition) is 4. The number of likely N-dealkylation sites (tertiary alicyclic amines) is 1. The number of nitrogens with one attached hydrogen (secondary N) is 4. The Hall–Kier alpha value is -2.80. The summed E-state index contributed by atoms with van der Waals surface area (Å²) in [4.78, 5) is 25.7. The van der Waals surface area contributed by atoms with Gasteiger partial charge in [0, 0.05) is 31.0 Å². The maximum Gasteiger partial charge on any atom is 0.315 e. The van der Waals surface area contributed by atoms with Gasteiger partial charge in [0.1, 0.15) is 0 Å².